The molecule has 1 fully saturated rings. The number of nitrogens with zero attached hydrogens (tertiary/aromatic N) is 6. The van der Waals surface area contributed by atoms with Crippen molar-refractivity contribution in [2.75, 3.05) is 26.2 Å². The lowest BCUT2D eigenvalue weighted by molar-refractivity contribution is -0.132. The zero-order valence-electron chi connectivity index (χ0n) is 18.4. The van der Waals surface area contributed by atoms with Gasteiger partial charge in [0.15, 0.2) is 5.65 Å². The third-order valence-electron chi connectivity index (χ3n) is 5.99. The maximum Gasteiger partial charge on any atom is 0.264 e. The van der Waals surface area contributed by atoms with Crippen LogP contribution in [0, 0.1) is 13.8 Å². The number of carbonyl (C=O) groups excluding carboxylic acids is 1. The van der Waals surface area contributed by atoms with Gasteiger partial charge in [-0.2, -0.15) is 9.40 Å². The van der Waals surface area contributed by atoms with Crippen LogP contribution < -0.4 is 5.56 Å². The third kappa shape index (κ3) is 4.05. The minimum Gasteiger partial charge on any atom is -0.340 e. The van der Waals surface area contributed by atoms with Crippen molar-refractivity contribution in [3.63, 3.8) is 0 Å². The average Bonchev–Trinajstić information content (AvgIpc) is 3.16. The van der Waals surface area contributed by atoms with E-state index in [4.69, 9.17) is 0 Å². The summed E-state index contributed by atoms with van der Waals surface area (Å²) >= 11 is 0. The first kappa shape index (κ1) is 22.2. The molecule has 0 N–H and O–H groups in total. The lowest BCUT2D eigenvalue weighted by Crippen LogP contribution is -2.50. The second-order valence-electron chi connectivity index (χ2n) is 8.03. The fourth-order valence-corrected chi connectivity index (χ4v) is 5.31. The predicted octanol–water partition coefficient (Wildman–Crippen LogP) is 0.670. The summed E-state index contributed by atoms with van der Waals surface area (Å²) < 4.78 is 30.3. The van der Waals surface area contributed by atoms with Gasteiger partial charge in [-0.1, -0.05) is 6.07 Å². The molecule has 32 heavy (non-hydrogen) atoms. The fourth-order valence-electron chi connectivity index (χ4n) is 3.80. The summed E-state index contributed by atoms with van der Waals surface area (Å²) in [6.07, 6.45) is 3.03. The lowest BCUT2D eigenvalue weighted by atomic mass is 10.1. The quantitative estimate of drug-likeness (QED) is 0.556. The number of fused-ring (bicyclic) bond motifs is 1. The molecule has 0 saturated carbocycles. The molecule has 1 saturated heterocycles. The van der Waals surface area contributed by atoms with E-state index < -0.39 is 10.0 Å². The molecule has 3 aromatic rings. The molecule has 11 heteroatoms. The molecule has 0 bridgehead atoms. The fraction of sp³-hybridized carbons (Fsp3) is 0.429. The van der Waals surface area contributed by atoms with E-state index in [0.717, 1.165) is 11.1 Å². The molecular weight excluding hydrogens is 432 g/mol. The summed E-state index contributed by atoms with van der Waals surface area (Å²) in [6, 6.07) is 5.12. The van der Waals surface area contributed by atoms with E-state index in [0.29, 0.717) is 24.1 Å². The van der Waals surface area contributed by atoms with E-state index in [-0.39, 0.29) is 42.4 Å². The Morgan fingerprint density at radius 3 is 2.50 bits per heavy atom. The predicted molar refractivity (Wildman–Crippen MR) is 119 cm³/mol. The first-order valence-corrected chi connectivity index (χ1v) is 11.8. The van der Waals surface area contributed by atoms with Crippen LogP contribution in [-0.4, -0.2) is 69.0 Å². The van der Waals surface area contributed by atoms with E-state index in [1.54, 1.807) is 24.1 Å². The molecule has 0 unspecified atom stereocenters. The second-order valence-corrected chi connectivity index (χ2v) is 9.97. The van der Waals surface area contributed by atoms with Crippen LogP contribution in [0.25, 0.3) is 11.0 Å². The monoisotopic (exact) mass is 458 g/mol. The topological polar surface area (TPSA) is 110 Å². The first-order valence-electron chi connectivity index (χ1n) is 10.4. The second kappa shape index (κ2) is 8.47. The highest BCUT2D eigenvalue weighted by Gasteiger charge is 2.30. The Balaban J connectivity index is 1.37. The average molecular weight is 459 g/mol. The minimum absolute atomic E-state index is 0.119. The number of hydrogen-bond acceptors (Lipinski definition) is 6. The Labute approximate surface area is 186 Å². The Hall–Kier alpha value is -3.05. The van der Waals surface area contributed by atoms with E-state index in [2.05, 4.69) is 10.1 Å². The van der Waals surface area contributed by atoms with E-state index in [9.17, 15) is 18.0 Å². The van der Waals surface area contributed by atoms with Gasteiger partial charge in [-0.05, 0) is 37.1 Å². The van der Waals surface area contributed by atoms with E-state index >= 15 is 0 Å². The summed E-state index contributed by atoms with van der Waals surface area (Å²) in [5, 5.41) is 4.45. The molecular formula is C21H26N6O4S. The molecule has 4 rings (SSSR count). The number of benzene rings is 1. The molecule has 1 aliphatic rings. The van der Waals surface area contributed by atoms with Crippen LogP contribution in [0.15, 0.2) is 40.4 Å². The number of hydrogen-bond donors (Lipinski definition) is 0. The summed E-state index contributed by atoms with van der Waals surface area (Å²) in [6.45, 7) is 5.15. The number of rotatable bonds is 5. The molecule has 0 aliphatic carbocycles. The van der Waals surface area contributed by atoms with Crippen molar-refractivity contribution in [3.05, 3.63) is 52.2 Å². The van der Waals surface area contributed by atoms with Gasteiger partial charge in [0, 0.05) is 46.2 Å². The standard InChI is InChI=1S/C21H26N6O4S/c1-15-4-5-17(12-16(15)2)32(30,31)27-10-8-25(9-11-27)19(28)6-7-26-14-22-20-18(21(26)29)13-23-24(20)3/h4-5,12-14H,6-11H2,1-3H3. The molecule has 0 atom stereocenters. The van der Waals surface area contributed by atoms with Crippen LogP contribution in [0.5, 0.6) is 0 Å². The van der Waals surface area contributed by atoms with Crippen molar-refractivity contribution < 1.29 is 13.2 Å². The maximum atomic E-state index is 13.0. The van der Waals surface area contributed by atoms with E-state index in [1.807, 2.05) is 19.9 Å². The number of carbonyl (C=O) groups is 1. The molecule has 1 aliphatic heterocycles. The van der Waals surface area contributed by atoms with Gasteiger partial charge >= 0.3 is 0 Å². The Morgan fingerprint density at radius 2 is 1.81 bits per heavy atom. The Kier molecular flexibility index (Phi) is 5.87. The van der Waals surface area contributed by atoms with E-state index in [1.165, 1.54) is 26.1 Å². The van der Waals surface area contributed by atoms with Crippen molar-refractivity contribution in [1.29, 1.82) is 0 Å². The molecule has 3 heterocycles. The molecule has 0 spiro atoms. The smallest absolute Gasteiger partial charge is 0.264 e. The van der Waals surface area contributed by atoms with Gasteiger partial charge < -0.3 is 4.90 Å². The van der Waals surface area contributed by atoms with Crippen molar-refractivity contribution in [1.82, 2.24) is 28.5 Å². The van der Waals surface area contributed by atoms with Gasteiger partial charge in [0.05, 0.1) is 17.4 Å². The van der Waals surface area contributed by atoms with Crippen LogP contribution in [-0.2, 0) is 28.4 Å². The molecule has 2 aromatic heterocycles. The molecule has 10 nitrogen and oxygen atoms in total. The third-order valence-corrected chi connectivity index (χ3v) is 7.89. The number of amides is 1. The molecule has 1 aromatic carbocycles. The van der Waals surface area contributed by atoms with Gasteiger partial charge in [-0.3, -0.25) is 18.8 Å². The van der Waals surface area contributed by atoms with Gasteiger partial charge in [-0.15, -0.1) is 0 Å². The normalized spacial score (nSPS) is 15.4. The van der Waals surface area contributed by atoms with Crippen LogP contribution in [0.2, 0.25) is 0 Å². The summed E-state index contributed by atoms with van der Waals surface area (Å²) in [5.74, 6) is -0.119. The van der Waals surface area contributed by atoms with Crippen LogP contribution >= 0.6 is 0 Å². The number of sulfonamides is 1. The van der Waals surface area contributed by atoms with Crippen molar-refractivity contribution in [2.45, 2.75) is 31.7 Å². The highest BCUT2D eigenvalue weighted by Crippen LogP contribution is 2.20. The van der Waals surface area contributed by atoms with Gasteiger partial charge in [-0.25, -0.2) is 13.4 Å². The molecule has 0 radical (unpaired) electrons. The number of aryl methyl sites for hydroxylation is 4. The zero-order chi connectivity index (χ0) is 23.0. The van der Waals surface area contributed by atoms with Gasteiger partial charge in [0.2, 0.25) is 15.9 Å². The highest BCUT2D eigenvalue weighted by molar-refractivity contribution is 7.89. The maximum absolute atomic E-state index is 13.0. The van der Waals surface area contributed by atoms with Gasteiger partial charge in [0.1, 0.15) is 5.39 Å². The van der Waals surface area contributed by atoms with Crippen LogP contribution in [0.1, 0.15) is 17.5 Å². The zero-order valence-corrected chi connectivity index (χ0v) is 19.2. The lowest BCUT2D eigenvalue weighted by Gasteiger charge is -2.34. The van der Waals surface area contributed by atoms with Crippen molar-refractivity contribution in [2.24, 2.45) is 7.05 Å². The van der Waals surface area contributed by atoms with Crippen molar-refractivity contribution >= 4 is 27.0 Å². The molecule has 170 valence electrons. The summed E-state index contributed by atoms with van der Waals surface area (Å²) in [5.41, 5.74) is 2.23. The highest BCUT2D eigenvalue weighted by atomic mass is 32.2. The summed E-state index contributed by atoms with van der Waals surface area (Å²) in [7, 11) is -1.89. The van der Waals surface area contributed by atoms with Crippen LogP contribution in [0.3, 0.4) is 0 Å². The number of aromatic nitrogens is 4. The van der Waals surface area contributed by atoms with Crippen molar-refractivity contribution in [3.8, 4) is 0 Å². The minimum atomic E-state index is -3.60. The molecule has 1 amide bonds. The number of piperazine rings is 1. The van der Waals surface area contributed by atoms with Crippen LogP contribution in [0.4, 0.5) is 0 Å². The Morgan fingerprint density at radius 1 is 1.09 bits per heavy atom. The SMILES string of the molecule is Cc1ccc(S(=O)(=O)N2CCN(C(=O)CCn3cnc4c(cnn4C)c3=O)CC2)cc1C. The van der Waals surface area contributed by atoms with Gasteiger partial charge in [0.25, 0.3) is 5.56 Å². The Bertz CT molecular complexity index is 1340. The summed E-state index contributed by atoms with van der Waals surface area (Å²) in [4.78, 5) is 31.4. The first-order chi connectivity index (χ1) is 15.2. The largest absolute Gasteiger partial charge is 0.340 e.